The van der Waals surface area contributed by atoms with Crippen molar-refractivity contribution in [1.82, 2.24) is 0 Å². The molecule has 0 fully saturated rings. The van der Waals surface area contributed by atoms with Gasteiger partial charge in [0.2, 0.25) is 0 Å². The minimum atomic E-state index is -0.508. The summed E-state index contributed by atoms with van der Waals surface area (Å²) in [5, 5.41) is 2.89. The van der Waals surface area contributed by atoms with Crippen LogP contribution in [0, 0.1) is 5.82 Å². The summed E-state index contributed by atoms with van der Waals surface area (Å²) in [7, 11) is 0. The van der Waals surface area contributed by atoms with Gasteiger partial charge in [0.05, 0.1) is 16.4 Å². The number of rotatable bonds is 2. The number of nitrogens with two attached hydrogens (primary N) is 1. The van der Waals surface area contributed by atoms with Gasteiger partial charge in [-0.15, -0.1) is 0 Å². The van der Waals surface area contributed by atoms with Gasteiger partial charge in [-0.25, -0.2) is 4.39 Å². The van der Waals surface area contributed by atoms with Crippen LogP contribution >= 0.6 is 27.5 Å². The Morgan fingerprint density at radius 3 is 2.68 bits per heavy atom. The molecular formula is C13H9BrClFN2O. The minimum Gasteiger partial charge on any atom is -0.397 e. The van der Waals surface area contributed by atoms with Gasteiger partial charge < -0.3 is 11.1 Å². The Morgan fingerprint density at radius 2 is 2.05 bits per heavy atom. The van der Waals surface area contributed by atoms with Crippen LogP contribution in [-0.2, 0) is 0 Å². The van der Waals surface area contributed by atoms with Gasteiger partial charge in [0, 0.05) is 10.0 Å². The van der Waals surface area contributed by atoms with Gasteiger partial charge >= 0.3 is 0 Å². The summed E-state index contributed by atoms with van der Waals surface area (Å²) in [6.07, 6.45) is 0. The van der Waals surface area contributed by atoms with Crippen molar-refractivity contribution in [2.24, 2.45) is 0 Å². The molecule has 0 heterocycles. The van der Waals surface area contributed by atoms with E-state index in [1.807, 2.05) is 0 Å². The Labute approximate surface area is 122 Å². The Hall–Kier alpha value is -1.59. The molecule has 0 aliphatic heterocycles. The summed E-state index contributed by atoms with van der Waals surface area (Å²) in [4.78, 5) is 12.0. The lowest BCUT2D eigenvalue weighted by molar-refractivity contribution is 0.102. The Balaban J connectivity index is 2.31. The Bertz CT molecular complexity index is 608. The average molecular weight is 344 g/mol. The van der Waals surface area contributed by atoms with Gasteiger partial charge in [-0.05, 0) is 30.3 Å². The lowest BCUT2D eigenvalue weighted by Gasteiger charge is -2.10. The van der Waals surface area contributed by atoms with Crippen LogP contribution in [0.3, 0.4) is 0 Å². The van der Waals surface area contributed by atoms with Gasteiger partial charge in [0.25, 0.3) is 5.91 Å². The highest BCUT2D eigenvalue weighted by molar-refractivity contribution is 9.10. The molecule has 0 aliphatic carbocycles. The zero-order valence-corrected chi connectivity index (χ0v) is 11.9. The highest BCUT2D eigenvalue weighted by atomic mass is 79.9. The molecule has 98 valence electrons. The number of nitrogen functional groups attached to an aromatic ring is 1. The van der Waals surface area contributed by atoms with Gasteiger partial charge in [0.1, 0.15) is 5.82 Å². The Kier molecular flexibility index (Phi) is 4.07. The number of hydrogen-bond donors (Lipinski definition) is 2. The summed E-state index contributed by atoms with van der Waals surface area (Å²) in [5.41, 5.74) is 6.56. The molecular weight excluding hydrogens is 335 g/mol. The van der Waals surface area contributed by atoms with Crippen molar-refractivity contribution in [3.05, 3.63) is 57.3 Å². The maximum Gasteiger partial charge on any atom is 0.255 e. The van der Waals surface area contributed by atoms with Gasteiger partial charge in [-0.3, -0.25) is 4.79 Å². The first-order valence-electron chi connectivity index (χ1n) is 5.29. The number of nitrogens with one attached hydrogen (secondary N) is 1. The molecule has 3 N–H and O–H groups in total. The van der Waals surface area contributed by atoms with E-state index in [2.05, 4.69) is 21.2 Å². The molecule has 0 aromatic heterocycles. The number of hydrogen-bond acceptors (Lipinski definition) is 2. The van der Waals surface area contributed by atoms with Crippen LogP contribution in [0.5, 0.6) is 0 Å². The number of anilines is 2. The van der Waals surface area contributed by atoms with Crippen LogP contribution in [0.2, 0.25) is 5.02 Å². The highest BCUT2D eigenvalue weighted by Crippen LogP contribution is 2.28. The number of carbonyl (C=O) groups excluding carboxylic acids is 1. The lowest BCUT2D eigenvalue weighted by Crippen LogP contribution is -2.13. The van der Waals surface area contributed by atoms with E-state index < -0.39 is 11.7 Å². The van der Waals surface area contributed by atoms with E-state index >= 15 is 0 Å². The first kappa shape index (κ1) is 13.8. The second-order valence-corrected chi connectivity index (χ2v) is 5.14. The molecule has 6 heteroatoms. The van der Waals surface area contributed by atoms with Crippen LogP contribution in [0.1, 0.15) is 10.4 Å². The van der Waals surface area contributed by atoms with Crippen LogP contribution in [0.15, 0.2) is 40.9 Å². The third-order valence-electron chi connectivity index (χ3n) is 2.41. The summed E-state index contributed by atoms with van der Waals surface area (Å²) < 4.78 is 13.7. The van der Waals surface area contributed by atoms with E-state index in [0.717, 1.165) is 6.07 Å². The number of benzene rings is 2. The molecule has 2 aromatic carbocycles. The fourth-order valence-corrected chi connectivity index (χ4v) is 2.24. The lowest BCUT2D eigenvalue weighted by atomic mass is 10.2. The molecule has 0 saturated carbocycles. The summed E-state index contributed by atoms with van der Waals surface area (Å²) in [6, 6.07) is 8.79. The number of carbonyl (C=O) groups is 1. The van der Waals surface area contributed by atoms with Crippen LogP contribution in [0.25, 0.3) is 0 Å². The molecule has 0 unspecified atom stereocenters. The van der Waals surface area contributed by atoms with Crippen LogP contribution in [-0.4, -0.2) is 5.91 Å². The molecule has 0 spiro atoms. The van der Waals surface area contributed by atoms with E-state index in [4.69, 9.17) is 17.3 Å². The third-order valence-corrected chi connectivity index (χ3v) is 3.18. The largest absolute Gasteiger partial charge is 0.397 e. The molecule has 0 bridgehead atoms. The quantitative estimate of drug-likeness (QED) is 0.807. The standard InChI is InChI=1S/C13H9BrClFN2O/c14-8-4-7(5-9(16)6-8)13(19)18-12-10(15)2-1-3-11(12)17/h1-6H,17H2,(H,18,19). The van der Waals surface area contributed by atoms with Crippen molar-refractivity contribution in [1.29, 1.82) is 0 Å². The average Bonchev–Trinajstić information content (AvgIpc) is 2.32. The molecule has 0 atom stereocenters. The molecule has 0 saturated heterocycles. The van der Waals surface area contributed by atoms with Crippen molar-refractivity contribution in [2.45, 2.75) is 0 Å². The monoisotopic (exact) mass is 342 g/mol. The molecule has 0 radical (unpaired) electrons. The van der Waals surface area contributed by atoms with Crippen molar-refractivity contribution >= 4 is 44.8 Å². The zero-order valence-electron chi connectivity index (χ0n) is 9.58. The molecule has 3 nitrogen and oxygen atoms in total. The summed E-state index contributed by atoms with van der Waals surface area (Å²) in [6.45, 7) is 0. The highest BCUT2D eigenvalue weighted by Gasteiger charge is 2.12. The van der Waals surface area contributed by atoms with Crippen molar-refractivity contribution in [3.8, 4) is 0 Å². The van der Waals surface area contributed by atoms with Gasteiger partial charge in [-0.2, -0.15) is 0 Å². The summed E-state index contributed by atoms with van der Waals surface area (Å²) >= 11 is 9.07. The molecule has 1 amide bonds. The number of amides is 1. The number of halogens is 3. The summed E-state index contributed by atoms with van der Waals surface area (Å²) in [5.74, 6) is -0.994. The maximum atomic E-state index is 13.2. The first-order chi connectivity index (χ1) is 8.97. The molecule has 19 heavy (non-hydrogen) atoms. The fraction of sp³-hybridized carbons (Fsp3) is 0. The van der Waals surface area contributed by atoms with E-state index in [1.165, 1.54) is 12.1 Å². The van der Waals surface area contributed by atoms with E-state index in [-0.39, 0.29) is 5.56 Å². The maximum absolute atomic E-state index is 13.2. The van der Waals surface area contributed by atoms with Crippen molar-refractivity contribution < 1.29 is 9.18 Å². The van der Waals surface area contributed by atoms with Crippen molar-refractivity contribution in [2.75, 3.05) is 11.1 Å². The fourth-order valence-electron chi connectivity index (χ4n) is 1.54. The minimum absolute atomic E-state index is 0.172. The van der Waals surface area contributed by atoms with Crippen molar-refractivity contribution in [3.63, 3.8) is 0 Å². The predicted molar refractivity (Wildman–Crippen MR) is 77.9 cm³/mol. The van der Waals surface area contributed by atoms with Gasteiger partial charge in [0.15, 0.2) is 0 Å². The van der Waals surface area contributed by atoms with Crippen LogP contribution < -0.4 is 11.1 Å². The predicted octanol–water partition coefficient (Wildman–Crippen LogP) is 4.08. The Morgan fingerprint density at radius 1 is 1.32 bits per heavy atom. The first-order valence-corrected chi connectivity index (χ1v) is 6.46. The topological polar surface area (TPSA) is 55.1 Å². The second-order valence-electron chi connectivity index (χ2n) is 3.82. The zero-order chi connectivity index (χ0) is 14.0. The normalized spacial score (nSPS) is 10.3. The number of para-hydroxylation sites is 1. The van der Waals surface area contributed by atoms with E-state index in [1.54, 1.807) is 18.2 Å². The van der Waals surface area contributed by atoms with Crippen LogP contribution in [0.4, 0.5) is 15.8 Å². The second kappa shape index (κ2) is 5.59. The van der Waals surface area contributed by atoms with Gasteiger partial charge in [-0.1, -0.05) is 33.6 Å². The third kappa shape index (κ3) is 3.24. The SMILES string of the molecule is Nc1cccc(Cl)c1NC(=O)c1cc(F)cc(Br)c1. The van der Waals surface area contributed by atoms with E-state index in [0.29, 0.717) is 20.9 Å². The molecule has 0 aliphatic rings. The smallest absolute Gasteiger partial charge is 0.255 e. The molecule has 2 aromatic rings. The molecule has 2 rings (SSSR count). The van der Waals surface area contributed by atoms with E-state index in [9.17, 15) is 9.18 Å².